The Kier molecular flexibility index (Phi) is 4.02. The number of hydrogen-bond acceptors (Lipinski definition) is 3. The third-order valence-corrected chi connectivity index (χ3v) is 4.15. The fraction of sp³-hybridized carbons (Fsp3) is 1.00. The first-order valence-corrected chi connectivity index (χ1v) is 6.70. The number of nitrogens with zero attached hydrogens (tertiary/aromatic N) is 1. The predicted molar refractivity (Wildman–Crippen MR) is 59.5 cm³/mol. The number of likely N-dealkylation sites (tertiary alicyclic amines) is 1. The zero-order chi connectivity index (χ0) is 11.6. The van der Waals surface area contributed by atoms with Gasteiger partial charge in [0, 0.05) is 24.9 Å². The van der Waals surface area contributed by atoms with Gasteiger partial charge in [-0.1, -0.05) is 0 Å². The SMILES string of the molecule is FC(F)(F)SCCN1CCCC2CNCC21. The smallest absolute Gasteiger partial charge is 0.315 e. The van der Waals surface area contributed by atoms with Crippen LogP contribution in [0.3, 0.4) is 0 Å². The van der Waals surface area contributed by atoms with Crippen molar-refractivity contribution in [1.29, 1.82) is 0 Å². The minimum absolute atomic E-state index is 0.0993. The van der Waals surface area contributed by atoms with E-state index in [1.165, 1.54) is 6.42 Å². The average Bonchev–Trinajstić information content (AvgIpc) is 2.64. The van der Waals surface area contributed by atoms with Gasteiger partial charge in [0.1, 0.15) is 0 Å². The van der Waals surface area contributed by atoms with Crippen LogP contribution in [0.15, 0.2) is 0 Å². The molecule has 2 saturated heterocycles. The van der Waals surface area contributed by atoms with Gasteiger partial charge >= 0.3 is 5.51 Å². The topological polar surface area (TPSA) is 15.3 Å². The number of hydrogen-bond donors (Lipinski definition) is 1. The third-order valence-electron chi connectivity index (χ3n) is 3.44. The van der Waals surface area contributed by atoms with Gasteiger partial charge in [-0.25, -0.2) is 0 Å². The molecule has 0 aromatic rings. The molecule has 0 aliphatic carbocycles. The van der Waals surface area contributed by atoms with Gasteiger partial charge < -0.3 is 5.32 Å². The summed E-state index contributed by atoms with van der Waals surface area (Å²) in [5, 5.41) is 3.33. The minimum Gasteiger partial charge on any atom is -0.315 e. The molecule has 2 nitrogen and oxygen atoms in total. The van der Waals surface area contributed by atoms with Gasteiger partial charge in [-0.3, -0.25) is 4.90 Å². The summed E-state index contributed by atoms with van der Waals surface area (Å²) in [6.45, 7) is 3.50. The minimum atomic E-state index is -4.08. The number of thioether (sulfide) groups is 1. The zero-order valence-corrected chi connectivity index (χ0v) is 9.91. The van der Waals surface area contributed by atoms with E-state index in [4.69, 9.17) is 0 Å². The second-order valence-electron chi connectivity index (χ2n) is 4.46. The number of fused-ring (bicyclic) bond motifs is 1. The molecule has 2 atom stereocenters. The van der Waals surface area contributed by atoms with Crippen LogP contribution in [0.4, 0.5) is 13.2 Å². The lowest BCUT2D eigenvalue weighted by molar-refractivity contribution is -0.0329. The Bertz CT molecular complexity index is 235. The van der Waals surface area contributed by atoms with Crippen LogP contribution in [0.5, 0.6) is 0 Å². The Hall–Kier alpha value is 0.0600. The van der Waals surface area contributed by atoms with Crippen LogP contribution >= 0.6 is 11.8 Å². The van der Waals surface area contributed by atoms with Crippen molar-refractivity contribution >= 4 is 11.8 Å². The van der Waals surface area contributed by atoms with Crippen LogP contribution in [0, 0.1) is 5.92 Å². The molecular formula is C10H17F3N2S. The highest BCUT2D eigenvalue weighted by Gasteiger charge is 2.35. The molecule has 0 aromatic heterocycles. The van der Waals surface area contributed by atoms with E-state index in [0.717, 1.165) is 26.1 Å². The second kappa shape index (κ2) is 5.14. The van der Waals surface area contributed by atoms with Gasteiger partial charge in [-0.05, 0) is 43.6 Å². The second-order valence-corrected chi connectivity index (χ2v) is 5.62. The first-order valence-electron chi connectivity index (χ1n) is 5.72. The van der Waals surface area contributed by atoms with Crippen molar-refractivity contribution in [3.8, 4) is 0 Å². The summed E-state index contributed by atoms with van der Waals surface area (Å²) >= 11 is 0.0993. The van der Waals surface area contributed by atoms with Crippen molar-refractivity contribution in [2.45, 2.75) is 24.4 Å². The lowest BCUT2D eigenvalue weighted by Gasteiger charge is -2.36. The van der Waals surface area contributed by atoms with Gasteiger partial charge in [0.2, 0.25) is 0 Å². The standard InChI is InChI=1S/C10H17F3N2S/c11-10(12,13)16-5-4-15-3-1-2-8-6-14-7-9(8)15/h8-9,14H,1-7H2. The lowest BCUT2D eigenvalue weighted by Crippen LogP contribution is -2.46. The van der Waals surface area contributed by atoms with E-state index in [0.29, 0.717) is 18.5 Å². The Morgan fingerprint density at radius 2 is 2.12 bits per heavy atom. The van der Waals surface area contributed by atoms with E-state index in [9.17, 15) is 13.2 Å². The predicted octanol–water partition coefficient (Wildman–Crippen LogP) is 1.92. The highest BCUT2D eigenvalue weighted by atomic mass is 32.2. The van der Waals surface area contributed by atoms with Crippen LogP contribution in [0.25, 0.3) is 0 Å². The van der Waals surface area contributed by atoms with Crippen LogP contribution in [0.1, 0.15) is 12.8 Å². The fourth-order valence-corrected chi connectivity index (χ4v) is 3.28. The number of nitrogens with one attached hydrogen (secondary N) is 1. The number of alkyl halides is 3. The highest BCUT2D eigenvalue weighted by Crippen LogP contribution is 2.31. The van der Waals surface area contributed by atoms with Crippen molar-refractivity contribution < 1.29 is 13.2 Å². The molecule has 94 valence electrons. The van der Waals surface area contributed by atoms with Gasteiger partial charge in [0.05, 0.1) is 0 Å². The van der Waals surface area contributed by atoms with Crippen LogP contribution in [-0.2, 0) is 0 Å². The number of piperidine rings is 1. The van der Waals surface area contributed by atoms with Crippen molar-refractivity contribution in [2.75, 3.05) is 31.9 Å². The van der Waals surface area contributed by atoms with Crippen molar-refractivity contribution in [1.82, 2.24) is 10.2 Å². The molecule has 1 N–H and O–H groups in total. The molecule has 2 rings (SSSR count). The molecule has 0 amide bonds. The van der Waals surface area contributed by atoms with E-state index >= 15 is 0 Å². The number of rotatable bonds is 3. The van der Waals surface area contributed by atoms with E-state index in [1.54, 1.807) is 0 Å². The Labute approximate surface area is 97.9 Å². The molecule has 2 aliphatic heterocycles. The molecule has 0 spiro atoms. The molecule has 2 unspecified atom stereocenters. The third kappa shape index (κ3) is 3.28. The summed E-state index contributed by atoms with van der Waals surface area (Å²) in [7, 11) is 0. The van der Waals surface area contributed by atoms with E-state index < -0.39 is 5.51 Å². The Morgan fingerprint density at radius 1 is 1.31 bits per heavy atom. The molecule has 0 saturated carbocycles. The summed E-state index contributed by atoms with van der Waals surface area (Å²) < 4.78 is 36.0. The molecule has 6 heteroatoms. The van der Waals surface area contributed by atoms with E-state index in [1.807, 2.05) is 0 Å². The molecule has 16 heavy (non-hydrogen) atoms. The van der Waals surface area contributed by atoms with Crippen molar-refractivity contribution in [2.24, 2.45) is 5.92 Å². The van der Waals surface area contributed by atoms with E-state index in [-0.39, 0.29) is 17.5 Å². The first-order chi connectivity index (χ1) is 7.56. The highest BCUT2D eigenvalue weighted by molar-refractivity contribution is 8.00. The molecular weight excluding hydrogens is 237 g/mol. The van der Waals surface area contributed by atoms with Gasteiger partial charge in [0.25, 0.3) is 0 Å². The number of halogens is 3. The normalized spacial score (nSPS) is 31.7. The quantitative estimate of drug-likeness (QED) is 0.828. The monoisotopic (exact) mass is 254 g/mol. The van der Waals surface area contributed by atoms with Crippen molar-refractivity contribution in [3.63, 3.8) is 0 Å². The first kappa shape index (κ1) is 12.5. The molecule has 2 heterocycles. The maximum absolute atomic E-state index is 12.0. The molecule has 0 bridgehead atoms. The van der Waals surface area contributed by atoms with Crippen LogP contribution in [0.2, 0.25) is 0 Å². The van der Waals surface area contributed by atoms with Crippen molar-refractivity contribution in [3.05, 3.63) is 0 Å². The van der Waals surface area contributed by atoms with Crippen LogP contribution < -0.4 is 5.32 Å². The molecule has 0 aromatic carbocycles. The van der Waals surface area contributed by atoms with E-state index in [2.05, 4.69) is 10.2 Å². The summed E-state index contributed by atoms with van der Waals surface area (Å²) in [5.41, 5.74) is -4.08. The zero-order valence-electron chi connectivity index (χ0n) is 9.09. The average molecular weight is 254 g/mol. The molecule has 2 aliphatic rings. The Morgan fingerprint density at radius 3 is 2.88 bits per heavy atom. The largest absolute Gasteiger partial charge is 0.441 e. The lowest BCUT2D eigenvalue weighted by atomic mass is 9.92. The Balaban J connectivity index is 1.76. The van der Waals surface area contributed by atoms with Crippen LogP contribution in [-0.4, -0.2) is 48.4 Å². The van der Waals surface area contributed by atoms with Gasteiger partial charge in [-0.15, -0.1) is 0 Å². The van der Waals surface area contributed by atoms with Gasteiger partial charge in [0.15, 0.2) is 0 Å². The fourth-order valence-electron chi connectivity index (χ4n) is 2.72. The van der Waals surface area contributed by atoms with Gasteiger partial charge in [-0.2, -0.15) is 13.2 Å². The molecule has 0 radical (unpaired) electrons. The molecule has 2 fully saturated rings. The summed E-state index contributed by atoms with van der Waals surface area (Å²) in [4.78, 5) is 2.23. The summed E-state index contributed by atoms with van der Waals surface area (Å²) in [6.07, 6.45) is 2.35. The maximum atomic E-state index is 12.0. The maximum Gasteiger partial charge on any atom is 0.441 e. The summed E-state index contributed by atoms with van der Waals surface area (Å²) in [6, 6.07) is 0.475. The summed E-state index contributed by atoms with van der Waals surface area (Å²) in [5.74, 6) is 0.817.